The highest BCUT2D eigenvalue weighted by Gasteiger charge is 2.54. The Morgan fingerprint density at radius 3 is 0.966 bits per heavy atom. The van der Waals surface area contributed by atoms with Gasteiger partial charge < -0.3 is 9.80 Å². The molecule has 0 N–H and O–H groups in total. The maximum absolute atomic E-state index is 2.54. The maximum atomic E-state index is 2.54. The van der Waals surface area contributed by atoms with Gasteiger partial charge in [0.05, 0.1) is 10.8 Å². The van der Waals surface area contributed by atoms with Gasteiger partial charge in [-0.15, -0.1) is 0 Å². The summed E-state index contributed by atoms with van der Waals surface area (Å²) in [6.07, 6.45) is 0. The van der Waals surface area contributed by atoms with Gasteiger partial charge >= 0.3 is 0 Å². The lowest BCUT2D eigenvalue weighted by molar-refractivity contribution is 0.660. The number of benzene rings is 18. The van der Waals surface area contributed by atoms with Gasteiger partial charge in [0, 0.05) is 45.0 Å². The van der Waals surface area contributed by atoms with E-state index in [4.69, 9.17) is 0 Å². The Bertz CT molecular complexity index is 7230. The zero-order valence-electron chi connectivity index (χ0n) is 66.2. The number of hydrogen-bond acceptors (Lipinski definition) is 2. The summed E-state index contributed by atoms with van der Waals surface area (Å²) in [5.41, 5.74) is 48.3. The first kappa shape index (κ1) is 68.0. The third-order valence-corrected chi connectivity index (χ3v) is 27.5. The lowest BCUT2D eigenvalue weighted by Gasteiger charge is -2.32. The van der Waals surface area contributed by atoms with Crippen LogP contribution in [0.2, 0.25) is 0 Å². The number of anilines is 6. The van der Waals surface area contributed by atoms with E-state index >= 15 is 0 Å². The van der Waals surface area contributed by atoms with Crippen LogP contribution in [0.3, 0.4) is 0 Å². The van der Waals surface area contributed by atoms with E-state index in [0.717, 1.165) is 39.7 Å². The standard InChI is InChI=1S/C116H80N2/c1-113(2)100-48-19-13-41-89(100)95-61-56-84(71-110(95)113)118(81-38-27-36-78(67-81)87-40-12-11-39-86(87)74-31-9-6-10-32-74)83-59-64-107-99(70-83)93-45-17-23-52-104(93)116(107)105-53-24-18-46-97(105)112-88(47-28-54-108(112)116)79-55-60-94-96-62-57-85(72-111(96)114(3,4)109(94)68-79)117(80-37-26-35-77(66-80)76-34-25-33-75(65-76)73-29-7-5-8-30-73)82-58-63-106-98(69-82)92-44-16-22-51-103(92)115(106)101-49-20-14-42-90(101)91-43-15-21-50-102(91)115/h5-72H,1-4H3. The summed E-state index contributed by atoms with van der Waals surface area (Å²) in [4.78, 5) is 5.04. The van der Waals surface area contributed by atoms with Crippen LogP contribution >= 0.6 is 0 Å². The molecule has 0 saturated heterocycles. The second-order valence-corrected chi connectivity index (χ2v) is 34.1. The van der Waals surface area contributed by atoms with E-state index < -0.39 is 10.8 Å². The van der Waals surface area contributed by atoms with Gasteiger partial charge in [-0.2, -0.15) is 0 Å². The van der Waals surface area contributed by atoms with Gasteiger partial charge in [0.15, 0.2) is 0 Å². The molecular formula is C116H80N2. The first-order chi connectivity index (χ1) is 58.0. The zero-order chi connectivity index (χ0) is 78.3. The van der Waals surface area contributed by atoms with Crippen molar-refractivity contribution in [3.8, 4) is 122 Å². The van der Waals surface area contributed by atoms with Crippen LogP contribution in [-0.2, 0) is 21.7 Å². The summed E-state index contributed by atoms with van der Waals surface area (Å²) in [5.74, 6) is 0. The molecule has 24 rings (SSSR count). The van der Waals surface area contributed by atoms with Crippen LogP contribution in [0.25, 0.3) is 122 Å². The largest absolute Gasteiger partial charge is 0.310 e. The average molecular weight is 1500 g/mol. The molecule has 6 aliphatic carbocycles. The molecule has 0 saturated carbocycles. The third-order valence-electron chi connectivity index (χ3n) is 27.5. The van der Waals surface area contributed by atoms with Crippen LogP contribution in [-0.4, -0.2) is 0 Å². The van der Waals surface area contributed by atoms with Gasteiger partial charge in [-0.3, -0.25) is 0 Å². The summed E-state index contributed by atoms with van der Waals surface area (Å²) in [7, 11) is 0. The smallest absolute Gasteiger partial charge is 0.0725 e. The highest BCUT2D eigenvalue weighted by atomic mass is 15.1. The Hall–Kier alpha value is -14.4. The highest BCUT2D eigenvalue weighted by Crippen LogP contribution is 2.67. The minimum Gasteiger partial charge on any atom is -0.310 e. The maximum Gasteiger partial charge on any atom is 0.0725 e. The normalized spacial score (nSPS) is 15.2. The van der Waals surface area contributed by atoms with Crippen LogP contribution < -0.4 is 9.80 Å². The Morgan fingerprint density at radius 2 is 0.432 bits per heavy atom. The molecule has 118 heavy (non-hydrogen) atoms. The van der Waals surface area contributed by atoms with Crippen molar-refractivity contribution in [3.05, 3.63) is 479 Å². The van der Waals surface area contributed by atoms with E-state index in [1.165, 1.54) is 184 Å². The summed E-state index contributed by atoms with van der Waals surface area (Å²) in [5, 5.41) is 0. The molecular weight excluding hydrogens is 1420 g/mol. The van der Waals surface area contributed by atoms with Crippen molar-refractivity contribution < 1.29 is 0 Å². The van der Waals surface area contributed by atoms with E-state index in [-0.39, 0.29) is 10.8 Å². The van der Waals surface area contributed by atoms with Crippen LogP contribution in [0.1, 0.15) is 94.5 Å². The Balaban J connectivity index is 0.630. The monoisotopic (exact) mass is 1500 g/mol. The van der Waals surface area contributed by atoms with Crippen LogP contribution in [0.4, 0.5) is 34.1 Å². The fourth-order valence-electron chi connectivity index (χ4n) is 22.3. The van der Waals surface area contributed by atoms with Gasteiger partial charge in [-0.25, -0.2) is 0 Å². The molecule has 1 atom stereocenters. The first-order valence-electron chi connectivity index (χ1n) is 41.6. The molecule has 0 heterocycles. The van der Waals surface area contributed by atoms with E-state index in [9.17, 15) is 0 Å². The number of nitrogens with zero attached hydrogens (tertiary/aromatic N) is 2. The lowest BCUT2D eigenvalue weighted by atomic mass is 9.70. The molecule has 2 nitrogen and oxygen atoms in total. The molecule has 1 unspecified atom stereocenters. The minimum absolute atomic E-state index is 0.195. The minimum atomic E-state index is -0.598. The molecule has 0 fully saturated rings. The van der Waals surface area contributed by atoms with E-state index in [0.29, 0.717) is 0 Å². The lowest BCUT2D eigenvalue weighted by Crippen LogP contribution is -2.26. The topological polar surface area (TPSA) is 6.48 Å². The number of fused-ring (bicyclic) bond motifs is 26. The molecule has 18 aromatic carbocycles. The fraction of sp³-hybridized carbons (Fsp3) is 0.0690. The zero-order valence-corrected chi connectivity index (χ0v) is 66.2. The molecule has 2 spiro atoms. The quantitative estimate of drug-likeness (QED) is 0.127. The molecule has 0 radical (unpaired) electrons. The van der Waals surface area contributed by atoms with Crippen molar-refractivity contribution in [3.63, 3.8) is 0 Å². The van der Waals surface area contributed by atoms with Gasteiger partial charge in [-0.1, -0.05) is 355 Å². The van der Waals surface area contributed by atoms with Gasteiger partial charge in [0.2, 0.25) is 0 Å². The second kappa shape index (κ2) is 25.5. The summed E-state index contributed by atoms with van der Waals surface area (Å²) in [6.45, 7) is 9.68. The summed E-state index contributed by atoms with van der Waals surface area (Å²) < 4.78 is 0. The Labute approximate surface area is 690 Å². The van der Waals surface area contributed by atoms with E-state index in [1.54, 1.807) is 0 Å². The molecule has 554 valence electrons. The molecule has 2 heteroatoms. The molecule has 0 amide bonds. The summed E-state index contributed by atoms with van der Waals surface area (Å²) in [6, 6.07) is 157. The van der Waals surface area contributed by atoms with Crippen molar-refractivity contribution in [1.82, 2.24) is 0 Å². The molecule has 0 bridgehead atoms. The highest BCUT2D eigenvalue weighted by molar-refractivity contribution is 6.03. The van der Waals surface area contributed by atoms with Gasteiger partial charge in [0.1, 0.15) is 0 Å². The van der Waals surface area contributed by atoms with Crippen molar-refractivity contribution in [2.24, 2.45) is 0 Å². The summed E-state index contributed by atoms with van der Waals surface area (Å²) >= 11 is 0. The van der Waals surface area contributed by atoms with Crippen molar-refractivity contribution >= 4 is 34.1 Å². The third kappa shape index (κ3) is 9.57. The van der Waals surface area contributed by atoms with E-state index in [1.807, 2.05) is 0 Å². The van der Waals surface area contributed by atoms with Gasteiger partial charge in [-0.05, 0) is 274 Å². The predicted octanol–water partition coefficient (Wildman–Crippen LogP) is 30.3. The van der Waals surface area contributed by atoms with Crippen molar-refractivity contribution in [2.75, 3.05) is 9.80 Å². The SMILES string of the molecule is CC1(C)c2ccccc2-c2ccc(N(c3cccc(-c4ccccc4-c4ccccc4)c3)c3ccc4c(c3)-c3ccccc3C43c4ccccc4-c4c(-c5ccc6c(c5)C(C)(C)c5cc(N(c7cccc(-c8cccc(-c9ccccc9)c8)c7)c7ccc8c(c7)-c7ccccc7C87c8ccccc8-c8ccccc87)ccc5-6)cccc43)cc21. The molecule has 0 aromatic heterocycles. The van der Waals surface area contributed by atoms with E-state index in [2.05, 4.69) is 450 Å². The Kier molecular flexibility index (Phi) is 14.7. The number of rotatable bonds is 11. The molecule has 18 aromatic rings. The van der Waals surface area contributed by atoms with Gasteiger partial charge in [0.25, 0.3) is 0 Å². The predicted molar refractivity (Wildman–Crippen MR) is 491 cm³/mol. The van der Waals surface area contributed by atoms with Crippen molar-refractivity contribution in [2.45, 2.75) is 49.4 Å². The first-order valence-corrected chi connectivity index (χ1v) is 41.6. The second-order valence-electron chi connectivity index (χ2n) is 34.1. The van der Waals surface area contributed by atoms with Crippen LogP contribution in [0, 0.1) is 0 Å². The van der Waals surface area contributed by atoms with Crippen LogP contribution in [0.5, 0.6) is 0 Å². The average Bonchev–Trinajstić information content (AvgIpc) is 1.50. The molecule has 0 aliphatic heterocycles. The Morgan fingerprint density at radius 1 is 0.144 bits per heavy atom. The van der Waals surface area contributed by atoms with Crippen LogP contribution in [0.15, 0.2) is 413 Å². The molecule has 6 aliphatic rings. The number of hydrogen-bond donors (Lipinski definition) is 0. The fourth-order valence-corrected chi connectivity index (χ4v) is 22.3. The van der Waals surface area contributed by atoms with Crippen molar-refractivity contribution in [1.29, 1.82) is 0 Å².